The van der Waals surface area contributed by atoms with E-state index in [1.807, 2.05) is 18.0 Å². The number of aliphatic imine (C=N–C) groups is 1. The van der Waals surface area contributed by atoms with E-state index in [1.54, 1.807) is 6.33 Å². The maximum absolute atomic E-state index is 4.84. The minimum atomic E-state index is 0. The van der Waals surface area contributed by atoms with Gasteiger partial charge in [0, 0.05) is 23.7 Å². The highest BCUT2D eigenvalue weighted by atomic mass is 79.9. The first-order chi connectivity index (χ1) is 11.9. The highest BCUT2D eigenvalue weighted by Crippen LogP contribution is 2.19. The van der Waals surface area contributed by atoms with Crippen molar-refractivity contribution in [3.63, 3.8) is 0 Å². The summed E-state index contributed by atoms with van der Waals surface area (Å²) in [5.41, 5.74) is 2.48. The second kappa shape index (κ2) is 11.4. The van der Waals surface area contributed by atoms with Gasteiger partial charge in [-0.25, -0.2) is 4.98 Å². The molecule has 0 bridgehead atoms. The zero-order valence-corrected chi connectivity index (χ0v) is 17.0. The van der Waals surface area contributed by atoms with Crippen molar-refractivity contribution in [1.82, 2.24) is 15.3 Å². The molecule has 6 heteroatoms. The summed E-state index contributed by atoms with van der Waals surface area (Å²) in [6, 6.07) is 11.1. The number of rotatable bonds is 7. The lowest BCUT2D eigenvalue weighted by molar-refractivity contribution is 0.633. The number of amidine groups is 1. The van der Waals surface area contributed by atoms with Gasteiger partial charge in [-0.2, -0.15) is 0 Å². The van der Waals surface area contributed by atoms with Gasteiger partial charge in [-0.1, -0.05) is 54.9 Å². The smallest absolute Gasteiger partial charge is 0.157 e. The molecule has 136 valence electrons. The van der Waals surface area contributed by atoms with Crippen molar-refractivity contribution in [2.45, 2.75) is 51.1 Å². The van der Waals surface area contributed by atoms with E-state index in [0.29, 0.717) is 6.04 Å². The molecule has 2 N–H and O–H groups in total. The molecular formula is C19H27BrN4S. The molecule has 1 aliphatic carbocycles. The van der Waals surface area contributed by atoms with Gasteiger partial charge in [0.1, 0.15) is 0 Å². The highest BCUT2D eigenvalue weighted by molar-refractivity contribution is 8.93. The zero-order chi connectivity index (χ0) is 16.5. The number of nitrogens with one attached hydrogen (secondary N) is 2. The molecule has 3 rings (SSSR count). The lowest BCUT2D eigenvalue weighted by Gasteiger charge is -2.15. The molecule has 1 aromatic carbocycles. The summed E-state index contributed by atoms with van der Waals surface area (Å²) in [6.45, 7) is 0.753. The summed E-state index contributed by atoms with van der Waals surface area (Å²) in [5.74, 6) is 1.08. The first-order valence-corrected chi connectivity index (χ1v) is 9.83. The van der Waals surface area contributed by atoms with Crippen molar-refractivity contribution in [1.29, 1.82) is 0 Å². The van der Waals surface area contributed by atoms with Crippen LogP contribution in [0.15, 0.2) is 47.8 Å². The van der Waals surface area contributed by atoms with E-state index in [1.165, 1.54) is 36.9 Å². The lowest BCUT2D eigenvalue weighted by Crippen LogP contribution is -2.31. The Bertz CT molecular complexity index is 610. The number of aromatic amines is 1. The summed E-state index contributed by atoms with van der Waals surface area (Å²) in [6.07, 6.45) is 11.1. The maximum atomic E-state index is 4.84. The molecule has 1 saturated carbocycles. The van der Waals surface area contributed by atoms with E-state index >= 15 is 0 Å². The first kappa shape index (κ1) is 20.0. The fourth-order valence-electron chi connectivity index (χ4n) is 2.98. The predicted octanol–water partition coefficient (Wildman–Crippen LogP) is 4.74. The number of aromatic nitrogens is 2. The topological polar surface area (TPSA) is 53.1 Å². The molecule has 0 atom stereocenters. The predicted molar refractivity (Wildman–Crippen MR) is 113 cm³/mol. The number of benzene rings is 1. The number of H-pyrrole nitrogens is 1. The van der Waals surface area contributed by atoms with Crippen molar-refractivity contribution in [3.05, 3.63) is 54.1 Å². The fraction of sp³-hybridized carbons (Fsp3) is 0.474. The minimum Gasteiger partial charge on any atom is -0.362 e. The summed E-state index contributed by atoms with van der Waals surface area (Å²) in [5, 5.41) is 4.78. The summed E-state index contributed by atoms with van der Waals surface area (Å²) in [4.78, 5) is 12.1. The molecule has 0 amide bonds. The van der Waals surface area contributed by atoms with E-state index in [4.69, 9.17) is 4.99 Å². The molecule has 1 aliphatic rings. The van der Waals surface area contributed by atoms with Crippen molar-refractivity contribution in [2.75, 3.05) is 5.75 Å². The van der Waals surface area contributed by atoms with Gasteiger partial charge in [0.2, 0.25) is 0 Å². The molecule has 0 radical (unpaired) electrons. The average Bonchev–Trinajstić information content (AvgIpc) is 3.31. The van der Waals surface area contributed by atoms with E-state index in [2.05, 4.69) is 45.6 Å². The molecule has 4 nitrogen and oxygen atoms in total. The number of halogens is 1. The van der Waals surface area contributed by atoms with E-state index in [9.17, 15) is 0 Å². The van der Waals surface area contributed by atoms with Gasteiger partial charge >= 0.3 is 0 Å². The highest BCUT2D eigenvalue weighted by Gasteiger charge is 2.16. The maximum Gasteiger partial charge on any atom is 0.157 e. The molecule has 1 fully saturated rings. The normalized spacial score (nSPS) is 15.1. The van der Waals surface area contributed by atoms with Crippen LogP contribution in [-0.4, -0.2) is 26.9 Å². The minimum absolute atomic E-state index is 0. The standard InChI is InChI=1S/C19H26N4S.BrH/c1-2-7-16(8-3-1)13-21-19(23-17-9-4-5-10-17)24-12-6-11-18-14-20-15-22-18;/h1-3,7-8,14-15,17H,4-6,9-13H2,(H,20,22)(H,21,23);1H. The summed E-state index contributed by atoms with van der Waals surface area (Å²) in [7, 11) is 0. The van der Waals surface area contributed by atoms with E-state index in [-0.39, 0.29) is 17.0 Å². The Morgan fingerprint density at radius 2 is 2.04 bits per heavy atom. The summed E-state index contributed by atoms with van der Waals surface area (Å²) >= 11 is 1.85. The monoisotopic (exact) mass is 422 g/mol. The Morgan fingerprint density at radius 3 is 2.76 bits per heavy atom. The Balaban J connectivity index is 0.00000225. The van der Waals surface area contributed by atoms with Crippen LogP contribution in [0.25, 0.3) is 0 Å². The van der Waals surface area contributed by atoms with Crippen LogP contribution in [0, 0.1) is 0 Å². The molecule has 0 unspecified atom stereocenters. The van der Waals surface area contributed by atoms with Gasteiger partial charge in [0.05, 0.1) is 12.9 Å². The van der Waals surface area contributed by atoms with E-state index in [0.717, 1.165) is 30.3 Å². The van der Waals surface area contributed by atoms with E-state index < -0.39 is 0 Å². The van der Waals surface area contributed by atoms with Gasteiger partial charge < -0.3 is 10.3 Å². The molecule has 0 saturated heterocycles. The van der Waals surface area contributed by atoms with Gasteiger partial charge in [-0.05, 0) is 31.2 Å². The molecular weight excluding hydrogens is 396 g/mol. The van der Waals surface area contributed by atoms with Crippen LogP contribution in [0.3, 0.4) is 0 Å². The van der Waals surface area contributed by atoms with Crippen molar-refractivity contribution < 1.29 is 0 Å². The molecule has 1 heterocycles. The number of thioether (sulfide) groups is 1. The van der Waals surface area contributed by atoms with Crippen molar-refractivity contribution in [2.24, 2.45) is 4.99 Å². The number of hydrogen-bond donors (Lipinski definition) is 2. The van der Waals surface area contributed by atoms with Crippen LogP contribution in [0.5, 0.6) is 0 Å². The molecule has 0 aliphatic heterocycles. The zero-order valence-electron chi connectivity index (χ0n) is 14.5. The van der Waals surface area contributed by atoms with Gasteiger partial charge in [-0.15, -0.1) is 17.0 Å². The van der Waals surface area contributed by atoms with Crippen molar-refractivity contribution in [3.8, 4) is 0 Å². The number of imidazole rings is 1. The largest absolute Gasteiger partial charge is 0.362 e. The third-order valence-corrected chi connectivity index (χ3v) is 5.33. The van der Waals surface area contributed by atoms with Crippen LogP contribution in [0.4, 0.5) is 0 Å². The van der Waals surface area contributed by atoms with Crippen LogP contribution in [0.1, 0.15) is 43.4 Å². The Labute approximate surface area is 165 Å². The third-order valence-electron chi connectivity index (χ3n) is 4.31. The Kier molecular flexibility index (Phi) is 9.11. The summed E-state index contributed by atoms with van der Waals surface area (Å²) < 4.78 is 0. The molecule has 1 aromatic heterocycles. The van der Waals surface area contributed by atoms with Crippen LogP contribution in [-0.2, 0) is 13.0 Å². The first-order valence-electron chi connectivity index (χ1n) is 8.85. The van der Waals surface area contributed by atoms with Gasteiger partial charge in [-0.3, -0.25) is 4.99 Å². The Hall–Kier alpha value is -1.27. The molecule has 25 heavy (non-hydrogen) atoms. The van der Waals surface area contributed by atoms with Gasteiger partial charge in [0.15, 0.2) is 5.17 Å². The number of hydrogen-bond acceptors (Lipinski definition) is 3. The molecule has 0 spiro atoms. The average molecular weight is 423 g/mol. The van der Waals surface area contributed by atoms with Crippen LogP contribution >= 0.6 is 28.7 Å². The number of nitrogens with zero attached hydrogens (tertiary/aromatic N) is 2. The fourth-order valence-corrected chi connectivity index (χ4v) is 3.86. The number of aryl methyl sites for hydroxylation is 1. The van der Waals surface area contributed by atoms with Crippen LogP contribution in [0.2, 0.25) is 0 Å². The van der Waals surface area contributed by atoms with Crippen molar-refractivity contribution >= 4 is 33.9 Å². The molecule has 2 aromatic rings. The lowest BCUT2D eigenvalue weighted by atomic mass is 10.2. The third kappa shape index (κ3) is 7.24. The quantitative estimate of drug-likeness (QED) is 0.384. The van der Waals surface area contributed by atoms with Crippen LogP contribution < -0.4 is 5.32 Å². The second-order valence-electron chi connectivity index (χ2n) is 6.26. The Morgan fingerprint density at radius 1 is 1.24 bits per heavy atom. The SMILES string of the molecule is Br.c1ccc(CN=C(NC2CCCC2)SCCCc2cnc[nH]2)cc1. The van der Waals surface area contributed by atoms with Gasteiger partial charge in [0.25, 0.3) is 0 Å². The second-order valence-corrected chi connectivity index (χ2v) is 7.35.